The third-order valence-electron chi connectivity index (χ3n) is 5.44. The molecule has 5 aliphatic carbocycles. The van der Waals surface area contributed by atoms with Crippen LogP contribution in [0.15, 0.2) is 0 Å². The van der Waals surface area contributed by atoms with Crippen LogP contribution >= 0.6 is 0 Å². The largest absolute Gasteiger partial charge is 0.335 e. The number of hydrogen-bond acceptors (Lipinski definition) is 1. The van der Waals surface area contributed by atoms with Crippen LogP contribution < -0.4 is 10.6 Å². The summed E-state index contributed by atoms with van der Waals surface area (Å²) in [7, 11) is 0. The van der Waals surface area contributed by atoms with E-state index in [0.29, 0.717) is 12.1 Å². The molecule has 5 fully saturated rings. The van der Waals surface area contributed by atoms with E-state index in [4.69, 9.17) is 0 Å². The van der Waals surface area contributed by atoms with Crippen LogP contribution in [0.2, 0.25) is 0 Å². The molecule has 0 aromatic heterocycles. The summed E-state index contributed by atoms with van der Waals surface area (Å²) in [5.41, 5.74) is 0. The summed E-state index contributed by atoms with van der Waals surface area (Å²) in [6.07, 6.45) is 9.34. The Balaban J connectivity index is 1.41. The highest BCUT2D eigenvalue weighted by Gasteiger charge is 2.48. The van der Waals surface area contributed by atoms with E-state index >= 15 is 0 Å². The summed E-state index contributed by atoms with van der Waals surface area (Å²) < 4.78 is 0. The number of amides is 2. The van der Waals surface area contributed by atoms with Crippen LogP contribution in [0, 0.1) is 23.7 Å². The first-order valence-corrected chi connectivity index (χ1v) is 7.35. The molecule has 94 valence electrons. The Hall–Kier alpha value is -0.730. The monoisotopic (exact) mass is 234 g/mol. The molecule has 0 aliphatic heterocycles. The fourth-order valence-corrected chi connectivity index (χ4v) is 4.77. The zero-order chi connectivity index (χ0) is 11.4. The Morgan fingerprint density at radius 3 is 1.94 bits per heavy atom. The molecular formula is C14H22N2O. The molecule has 3 heteroatoms. The van der Waals surface area contributed by atoms with E-state index in [1.54, 1.807) is 0 Å². The number of nitrogens with one attached hydrogen (secondary N) is 2. The SMILES string of the molecule is O=C(NC1CC1)NC1C2CC3CC(C2)CC1C3. The maximum absolute atomic E-state index is 11.9. The second kappa shape index (κ2) is 3.63. The van der Waals surface area contributed by atoms with E-state index in [-0.39, 0.29) is 6.03 Å². The first-order valence-electron chi connectivity index (χ1n) is 7.35. The Morgan fingerprint density at radius 1 is 0.824 bits per heavy atom. The minimum Gasteiger partial charge on any atom is -0.335 e. The molecule has 4 bridgehead atoms. The summed E-state index contributed by atoms with van der Waals surface area (Å²) in [6, 6.07) is 1.07. The Labute approximate surface area is 103 Å². The molecule has 5 rings (SSSR count). The number of hydrogen-bond donors (Lipinski definition) is 2. The summed E-state index contributed by atoms with van der Waals surface area (Å²) in [5, 5.41) is 6.35. The van der Waals surface area contributed by atoms with Crippen LogP contribution in [0.5, 0.6) is 0 Å². The molecule has 5 saturated carbocycles. The van der Waals surface area contributed by atoms with Crippen molar-refractivity contribution in [3.63, 3.8) is 0 Å². The van der Waals surface area contributed by atoms with Crippen molar-refractivity contribution >= 4 is 6.03 Å². The first kappa shape index (κ1) is 10.2. The van der Waals surface area contributed by atoms with Gasteiger partial charge >= 0.3 is 6.03 Å². The quantitative estimate of drug-likeness (QED) is 0.756. The predicted octanol–water partition coefficient (Wildman–Crippen LogP) is 2.27. The lowest BCUT2D eigenvalue weighted by Crippen LogP contribution is -2.57. The van der Waals surface area contributed by atoms with Crippen molar-refractivity contribution in [2.45, 2.75) is 57.0 Å². The maximum atomic E-state index is 11.9. The minimum absolute atomic E-state index is 0.102. The minimum atomic E-state index is 0.102. The van der Waals surface area contributed by atoms with Gasteiger partial charge in [0.25, 0.3) is 0 Å². The van der Waals surface area contributed by atoms with Gasteiger partial charge < -0.3 is 10.6 Å². The van der Waals surface area contributed by atoms with Gasteiger partial charge in [0.2, 0.25) is 0 Å². The van der Waals surface area contributed by atoms with E-state index in [1.807, 2.05) is 0 Å². The van der Waals surface area contributed by atoms with E-state index in [0.717, 1.165) is 23.7 Å². The fourth-order valence-electron chi connectivity index (χ4n) is 4.77. The Morgan fingerprint density at radius 2 is 1.41 bits per heavy atom. The summed E-state index contributed by atoms with van der Waals surface area (Å²) in [5.74, 6) is 3.55. The van der Waals surface area contributed by atoms with Gasteiger partial charge in [-0.1, -0.05) is 0 Å². The lowest BCUT2D eigenvalue weighted by molar-refractivity contribution is -0.00942. The number of urea groups is 1. The highest BCUT2D eigenvalue weighted by molar-refractivity contribution is 5.75. The highest BCUT2D eigenvalue weighted by Crippen LogP contribution is 2.53. The van der Waals surface area contributed by atoms with Crippen molar-refractivity contribution in [1.29, 1.82) is 0 Å². The van der Waals surface area contributed by atoms with Crippen LogP contribution in [0.4, 0.5) is 4.79 Å². The molecule has 5 aliphatic rings. The van der Waals surface area contributed by atoms with Crippen molar-refractivity contribution in [2.75, 3.05) is 0 Å². The van der Waals surface area contributed by atoms with Gasteiger partial charge in [0.1, 0.15) is 0 Å². The molecule has 0 spiro atoms. The third-order valence-corrected chi connectivity index (χ3v) is 5.44. The van der Waals surface area contributed by atoms with Crippen molar-refractivity contribution in [1.82, 2.24) is 10.6 Å². The van der Waals surface area contributed by atoms with E-state index < -0.39 is 0 Å². The van der Waals surface area contributed by atoms with Gasteiger partial charge in [0.05, 0.1) is 0 Å². The van der Waals surface area contributed by atoms with Gasteiger partial charge in [-0.3, -0.25) is 0 Å². The first-order chi connectivity index (χ1) is 8.28. The Bertz CT molecular complexity index is 309. The summed E-state index contributed by atoms with van der Waals surface area (Å²) in [6.45, 7) is 0. The van der Waals surface area contributed by atoms with Crippen LogP contribution in [0.25, 0.3) is 0 Å². The zero-order valence-corrected chi connectivity index (χ0v) is 10.3. The molecule has 0 atom stereocenters. The molecule has 0 saturated heterocycles. The van der Waals surface area contributed by atoms with Crippen LogP contribution in [-0.4, -0.2) is 18.1 Å². The molecule has 0 heterocycles. The molecule has 17 heavy (non-hydrogen) atoms. The molecular weight excluding hydrogens is 212 g/mol. The van der Waals surface area contributed by atoms with Gasteiger partial charge in [0, 0.05) is 12.1 Å². The molecule has 2 amide bonds. The average molecular weight is 234 g/mol. The molecule has 0 aromatic carbocycles. The van der Waals surface area contributed by atoms with Crippen LogP contribution in [0.3, 0.4) is 0 Å². The molecule has 3 nitrogen and oxygen atoms in total. The van der Waals surface area contributed by atoms with Gasteiger partial charge in [0.15, 0.2) is 0 Å². The maximum Gasteiger partial charge on any atom is 0.315 e. The second-order valence-electron chi connectivity index (χ2n) is 6.85. The van der Waals surface area contributed by atoms with E-state index in [1.165, 1.54) is 44.9 Å². The van der Waals surface area contributed by atoms with Gasteiger partial charge in [-0.15, -0.1) is 0 Å². The van der Waals surface area contributed by atoms with Gasteiger partial charge in [-0.25, -0.2) is 4.79 Å². The second-order valence-corrected chi connectivity index (χ2v) is 6.85. The van der Waals surface area contributed by atoms with Crippen molar-refractivity contribution in [2.24, 2.45) is 23.7 Å². The van der Waals surface area contributed by atoms with Gasteiger partial charge in [-0.2, -0.15) is 0 Å². The average Bonchev–Trinajstić information content (AvgIpc) is 3.06. The lowest BCUT2D eigenvalue weighted by atomic mass is 9.54. The topological polar surface area (TPSA) is 41.1 Å². The number of rotatable bonds is 2. The number of carbonyl (C=O) groups excluding carboxylic acids is 1. The lowest BCUT2D eigenvalue weighted by Gasteiger charge is -2.54. The summed E-state index contributed by atoms with van der Waals surface area (Å²) in [4.78, 5) is 11.9. The van der Waals surface area contributed by atoms with E-state index in [9.17, 15) is 4.79 Å². The molecule has 0 radical (unpaired) electrons. The third kappa shape index (κ3) is 1.84. The predicted molar refractivity (Wildman–Crippen MR) is 65.5 cm³/mol. The van der Waals surface area contributed by atoms with Crippen LogP contribution in [0.1, 0.15) is 44.9 Å². The highest BCUT2D eigenvalue weighted by atomic mass is 16.2. The van der Waals surface area contributed by atoms with Crippen LogP contribution in [-0.2, 0) is 0 Å². The fraction of sp³-hybridized carbons (Fsp3) is 0.929. The van der Waals surface area contributed by atoms with Crippen molar-refractivity contribution in [3.8, 4) is 0 Å². The van der Waals surface area contributed by atoms with E-state index in [2.05, 4.69) is 10.6 Å². The summed E-state index contributed by atoms with van der Waals surface area (Å²) >= 11 is 0. The molecule has 0 aromatic rings. The molecule has 2 N–H and O–H groups in total. The normalized spacial score (nSPS) is 46.9. The number of carbonyl (C=O) groups is 1. The zero-order valence-electron chi connectivity index (χ0n) is 10.3. The standard InChI is InChI=1S/C14H22N2O/c17-14(15-12-1-2-12)16-13-10-4-8-3-9(6-10)7-11(13)5-8/h8-13H,1-7H2,(H2,15,16,17). The smallest absolute Gasteiger partial charge is 0.315 e. The van der Waals surface area contributed by atoms with Crippen molar-refractivity contribution in [3.05, 3.63) is 0 Å². The van der Waals surface area contributed by atoms with Crippen molar-refractivity contribution < 1.29 is 4.79 Å². The Kier molecular flexibility index (Phi) is 2.18. The van der Waals surface area contributed by atoms with Gasteiger partial charge in [-0.05, 0) is 68.6 Å². The molecule has 0 unspecified atom stereocenters.